The van der Waals surface area contributed by atoms with Crippen LogP contribution in [-0.2, 0) is 14.8 Å². The van der Waals surface area contributed by atoms with Crippen LogP contribution in [0.25, 0.3) is 6.08 Å². The van der Waals surface area contributed by atoms with Crippen molar-refractivity contribution in [2.45, 2.75) is 11.8 Å². The van der Waals surface area contributed by atoms with Gasteiger partial charge < -0.3 is 9.32 Å². The zero-order valence-corrected chi connectivity index (χ0v) is 15.4. The summed E-state index contributed by atoms with van der Waals surface area (Å²) in [4.78, 5) is 12.7. The zero-order valence-electron chi connectivity index (χ0n) is 14.6. The maximum Gasteiger partial charge on any atom is 0.249 e. The van der Waals surface area contributed by atoms with Crippen molar-refractivity contribution < 1.29 is 26.4 Å². The second-order valence-corrected chi connectivity index (χ2v) is 7.94. The van der Waals surface area contributed by atoms with Crippen molar-refractivity contribution in [1.29, 1.82) is 0 Å². The molecule has 0 saturated carbocycles. The lowest BCUT2D eigenvalue weighted by Crippen LogP contribution is -2.50. The van der Waals surface area contributed by atoms with Crippen molar-refractivity contribution in [3.63, 3.8) is 0 Å². The number of nitrogens with zero attached hydrogens (tertiary/aromatic N) is 2. The molecule has 27 heavy (non-hydrogen) atoms. The van der Waals surface area contributed by atoms with Crippen LogP contribution in [-0.4, -0.2) is 49.7 Å². The Labute approximate surface area is 155 Å². The molecule has 6 nitrogen and oxygen atoms in total. The molecule has 1 fully saturated rings. The van der Waals surface area contributed by atoms with Gasteiger partial charge in [0.25, 0.3) is 0 Å². The average molecular weight is 396 g/mol. The van der Waals surface area contributed by atoms with Gasteiger partial charge in [0.1, 0.15) is 23.2 Å². The molecule has 1 aromatic carbocycles. The zero-order chi connectivity index (χ0) is 19.6. The number of piperazine rings is 1. The fraction of sp³-hybridized carbons (Fsp3) is 0.278. The van der Waals surface area contributed by atoms with E-state index >= 15 is 0 Å². The number of hydrogen-bond donors (Lipinski definition) is 0. The SMILES string of the molecule is Cc1ccc(/C=C/C(=O)N2CCN(S(=O)(=O)c3c(F)cccc3F)CC2)o1. The molecule has 2 heterocycles. The summed E-state index contributed by atoms with van der Waals surface area (Å²) in [7, 11) is -4.31. The highest BCUT2D eigenvalue weighted by molar-refractivity contribution is 7.89. The normalized spacial score (nSPS) is 16.2. The molecular formula is C18H18F2N2O4S. The Morgan fingerprint density at radius 2 is 1.70 bits per heavy atom. The third-order valence-electron chi connectivity index (χ3n) is 4.22. The van der Waals surface area contributed by atoms with Crippen molar-refractivity contribution >= 4 is 22.0 Å². The van der Waals surface area contributed by atoms with Crippen LogP contribution in [0.3, 0.4) is 0 Å². The van der Waals surface area contributed by atoms with Gasteiger partial charge in [-0.3, -0.25) is 4.79 Å². The lowest BCUT2D eigenvalue weighted by Gasteiger charge is -2.33. The molecule has 0 bridgehead atoms. The summed E-state index contributed by atoms with van der Waals surface area (Å²) in [5, 5.41) is 0. The summed E-state index contributed by atoms with van der Waals surface area (Å²) >= 11 is 0. The van der Waals surface area contributed by atoms with E-state index in [-0.39, 0.29) is 32.1 Å². The Morgan fingerprint density at radius 3 is 2.26 bits per heavy atom. The first-order valence-corrected chi connectivity index (χ1v) is 9.70. The van der Waals surface area contributed by atoms with Crippen LogP contribution in [0.2, 0.25) is 0 Å². The molecule has 1 saturated heterocycles. The lowest BCUT2D eigenvalue weighted by atomic mass is 10.3. The van der Waals surface area contributed by atoms with E-state index in [9.17, 15) is 22.0 Å². The van der Waals surface area contributed by atoms with Gasteiger partial charge in [-0.15, -0.1) is 0 Å². The van der Waals surface area contributed by atoms with Crippen LogP contribution in [0.1, 0.15) is 11.5 Å². The van der Waals surface area contributed by atoms with E-state index in [4.69, 9.17) is 4.42 Å². The molecule has 0 radical (unpaired) electrons. The first-order chi connectivity index (χ1) is 12.8. The van der Waals surface area contributed by atoms with E-state index < -0.39 is 26.6 Å². The molecule has 1 aliphatic heterocycles. The van der Waals surface area contributed by atoms with Gasteiger partial charge in [0, 0.05) is 32.3 Å². The van der Waals surface area contributed by atoms with Crippen LogP contribution in [0.15, 0.2) is 45.7 Å². The van der Waals surface area contributed by atoms with Gasteiger partial charge in [-0.1, -0.05) is 6.07 Å². The molecule has 0 N–H and O–H groups in total. The minimum atomic E-state index is -4.31. The molecule has 0 unspecified atom stereocenters. The monoisotopic (exact) mass is 396 g/mol. The molecule has 3 rings (SSSR count). The minimum Gasteiger partial charge on any atom is -0.462 e. The van der Waals surface area contributed by atoms with Crippen molar-refractivity contribution in [3.8, 4) is 0 Å². The van der Waals surface area contributed by atoms with Crippen LogP contribution in [0, 0.1) is 18.6 Å². The molecule has 0 aliphatic carbocycles. The third-order valence-corrected chi connectivity index (χ3v) is 6.17. The van der Waals surface area contributed by atoms with Gasteiger partial charge in [0.15, 0.2) is 4.90 Å². The van der Waals surface area contributed by atoms with Crippen molar-refractivity contribution in [1.82, 2.24) is 9.21 Å². The summed E-state index contributed by atoms with van der Waals surface area (Å²) in [6.45, 7) is 1.94. The van der Waals surface area contributed by atoms with Crippen molar-refractivity contribution in [2.75, 3.05) is 26.2 Å². The highest BCUT2D eigenvalue weighted by atomic mass is 32.2. The van der Waals surface area contributed by atoms with E-state index in [1.54, 1.807) is 19.1 Å². The number of rotatable bonds is 4. The maximum absolute atomic E-state index is 13.8. The van der Waals surface area contributed by atoms with E-state index in [0.29, 0.717) is 5.76 Å². The Balaban J connectivity index is 1.66. The molecule has 1 amide bonds. The van der Waals surface area contributed by atoms with Gasteiger partial charge in [-0.25, -0.2) is 17.2 Å². The quantitative estimate of drug-likeness (QED) is 0.745. The molecule has 144 valence electrons. The van der Waals surface area contributed by atoms with Crippen LogP contribution in [0.4, 0.5) is 8.78 Å². The second-order valence-electron chi connectivity index (χ2n) is 6.06. The minimum absolute atomic E-state index is 0.0461. The Hall–Kier alpha value is -2.52. The van der Waals surface area contributed by atoms with Crippen LogP contribution < -0.4 is 0 Å². The van der Waals surface area contributed by atoms with Crippen LogP contribution in [0.5, 0.6) is 0 Å². The summed E-state index contributed by atoms with van der Waals surface area (Å²) in [5.41, 5.74) is 0. The van der Waals surface area contributed by atoms with Gasteiger partial charge >= 0.3 is 0 Å². The first-order valence-electron chi connectivity index (χ1n) is 8.26. The molecule has 0 atom stereocenters. The predicted molar refractivity (Wildman–Crippen MR) is 94.2 cm³/mol. The number of halogens is 2. The smallest absolute Gasteiger partial charge is 0.249 e. The number of furan rings is 1. The highest BCUT2D eigenvalue weighted by Crippen LogP contribution is 2.23. The molecule has 1 aliphatic rings. The number of sulfonamides is 1. The second kappa shape index (κ2) is 7.61. The number of benzene rings is 1. The molecule has 1 aromatic heterocycles. The summed E-state index contributed by atoms with van der Waals surface area (Å²) < 4.78 is 59.1. The van der Waals surface area contributed by atoms with Gasteiger partial charge in [-0.2, -0.15) is 4.31 Å². The number of carbonyl (C=O) groups excluding carboxylic acids is 1. The summed E-state index contributed by atoms with van der Waals surface area (Å²) in [6, 6.07) is 6.41. The molecule has 0 spiro atoms. The summed E-state index contributed by atoms with van der Waals surface area (Å²) in [5.74, 6) is -1.30. The highest BCUT2D eigenvalue weighted by Gasteiger charge is 2.33. The van der Waals surface area contributed by atoms with Crippen molar-refractivity contribution in [3.05, 3.63) is 59.6 Å². The fourth-order valence-electron chi connectivity index (χ4n) is 2.81. The predicted octanol–water partition coefficient (Wildman–Crippen LogP) is 2.41. The molecule has 2 aromatic rings. The molecule has 9 heteroatoms. The number of carbonyl (C=O) groups is 1. The van der Waals surface area contributed by atoms with E-state index in [0.717, 1.165) is 28.3 Å². The average Bonchev–Trinajstić information content (AvgIpc) is 3.05. The van der Waals surface area contributed by atoms with Gasteiger partial charge in [0.2, 0.25) is 15.9 Å². The standard InChI is InChI=1S/C18H18F2N2O4S/c1-13-5-6-14(26-13)7-8-17(23)21-9-11-22(12-10-21)27(24,25)18-15(19)3-2-4-16(18)20/h2-8H,9-12H2,1H3/b8-7+. The van der Waals surface area contributed by atoms with Gasteiger partial charge in [0.05, 0.1) is 0 Å². The van der Waals surface area contributed by atoms with E-state index in [2.05, 4.69) is 0 Å². The Kier molecular flexibility index (Phi) is 5.43. The molecular weight excluding hydrogens is 378 g/mol. The van der Waals surface area contributed by atoms with E-state index in [1.807, 2.05) is 0 Å². The largest absolute Gasteiger partial charge is 0.462 e. The fourth-order valence-corrected chi connectivity index (χ4v) is 4.34. The van der Waals surface area contributed by atoms with Crippen molar-refractivity contribution in [2.24, 2.45) is 0 Å². The summed E-state index contributed by atoms with van der Waals surface area (Å²) in [6.07, 6.45) is 2.88. The maximum atomic E-state index is 13.8. The van der Waals surface area contributed by atoms with Gasteiger partial charge in [-0.05, 0) is 37.3 Å². The van der Waals surface area contributed by atoms with Crippen LogP contribution >= 0.6 is 0 Å². The topological polar surface area (TPSA) is 70.8 Å². The number of aryl methyl sites for hydroxylation is 1. The Bertz CT molecular complexity index is 957. The lowest BCUT2D eigenvalue weighted by molar-refractivity contribution is -0.127. The number of hydrogen-bond acceptors (Lipinski definition) is 4. The third kappa shape index (κ3) is 4.09. The Morgan fingerprint density at radius 1 is 1.07 bits per heavy atom. The van der Waals surface area contributed by atoms with E-state index in [1.165, 1.54) is 17.1 Å². The number of amides is 1. The first kappa shape index (κ1) is 19.2.